The van der Waals surface area contributed by atoms with Gasteiger partial charge in [-0.05, 0) is 25.0 Å². The van der Waals surface area contributed by atoms with E-state index in [4.69, 9.17) is 0 Å². The number of amides is 2. The van der Waals surface area contributed by atoms with Crippen LogP contribution < -0.4 is 10.2 Å². The Morgan fingerprint density at radius 2 is 2.27 bits per heavy atom. The van der Waals surface area contributed by atoms with Crippen molar-refractivity contribution in [1.82, 2.24) is 15.2 Å². The van der Waals surface area contributed by atoms with Gasteiger partial charge in [0.05, 0.1) is 5.56 Å². The number of carbonyl (C=O) groups excluding carboxylic acids is 2. The molecule has 1 N–H and O–H groups in total. The minimum absolute atomic E-state index is 0.0899. The van der Waals surface area contributed by atoms with Gasteiger partial charge in [0, 0.05) is 33.4 Å². The second-order valence-corrected chi connectivity index (χ2v) is 5.49. The Kier molecular flexibility index (Phi) is 5.14. The van der Waals surface area contributed by atoms with E-state index in [0.717, 1.165) is 25.2 Å². The van der Waals surface area contributed by atoms with Crippen LogP contribution in [0.25, 0.3) is 0 Å². The van der Waals surface area contributed by atoms with Crippen LogP contribution in [0, 0.1) is 0 Å². The van der Waals surface area contributed by atoms with Crippen LogP contribution in [-0.4, -0.2) is 54.9 Å². The molecule has 6 heteroatoms. The predicted octanol–water partition coefficient (Wildman–Crippen LogP) is 1.05. The van der Waals surface area contributed by atoms with Crippen molar-refractivity contribution in [3.63, 3.8) is 0 Å². The van der Waals surface area contributed by atoms with Crippen LogP contribution in [0.2, 0.25) is 0 Å². The van der Waals surface area contributed by atoms with Crippen LogP contribution >= 0.6 is 0 Å². The van der Waals surface area contributed by atoms with Crippen molar-refractivity contribution in [2.75, 3.05) is 32.1 Å². The van der Waals surface area contributed by atoms with Crippen molar-refractivity contribution in [3.8, 4) is 0 Å². The Morgan fingerprint density at radius 1 is 1.50 bits per heavy atom. The molecule has 2 rings (SSSR count). The Labute approximate surface area is 130 Å². The maximum atomic E-state index is 12.2. The molecule has 0 bridgehead atoms. The summed E-state index contributed by atoms with van der Waals surface area (Å²) >= 11 is 0. The van der Waals surface area contributed by atoms with Gasteiger partial charge in [0.15, 0.2) is 0 Å². The van der Waals surface area contributed by atoms with Crippen LogP contribution in [0.4, 0.5) is 5.82 Å². The van der Waals surface area contributed by atoms with Crippen LogP contribution in [0.15, 0.2) is 31.0 Å². The van der Waals surface area contributed by atoms with Gasteiger partial charge in [0.2, 0.25) is 5.91 Å². The quantitative estimate of drug-likeness (QED) is 0.826. The number of likely N-dealkylation sites (N-methyl/N-ethyl adjacent to an activating group) is 1. The summed E-state index contributed by atoms with van der Waals surface area (Å²) in [6, 6.07) is 3.36. The molecule has 0 radical (unpaired) electrons. The zero-order chi connectivity index (χ0) is 16.1. The topological polar surface area (TPSA) is 65.5 Å². The molecule has 0 aromatic carbocycles. The zero-order valence-corrected chi connectivity index (χ0v) is 13.1. The lowest BCUT2D eigenvalue weighted by molar-refractivity contribution is -0.129. The van der Waals surface area contributed by atoms with E-state index >= 15 is 0 Å². The van der Waals surface area contributed by atoms with Crippen LogP contribution in [0.1, 0.15) is 23.2 Å². The third kappa shape index (κ3) is 3.44. The van der Waals surface area contributed by atoms with E-state index in [1.54, 1.807) is 43.4 Å². The lowest BCUT2D eigenvalue weighted by atomic mass is 10.2. The summed E-state index contributed by atoms with van der Waals surface area (Å²) in [5.41, 5.74) is 0.500. The van der Waals surface area contributed by atoms with E-state index in [9.17, 15) is 9.59 Å². The van der Waals surface area contributed by atoms with Crippen LogP contribution in [-0.2, 0) is 4.79 Å². The number of pyridine rings is 1. The molecule has 2 amide bonds. The second kappa shape index (κ2) is 7.06. The van der Waals surface area contributed by atoms with Gasteiger partial charge in [-0.15, -0.1) is 6.58 Å². The van der Waals surface area contributed by atoms with Crippen molar-refractivity contribution in [2.45, 2.75) is 18.9 Å². The Balaban J connectivity index is 2.11. The number of hydrogen-bond acceptors (Lipinski definition) is 4. The lowest BCUT2D eigenvalue weighted by Gasteiger charge is -2.27. The summed E-state index contributed by atoms with van der Waals surface area (Å²) in [7, 11) is 3.53. The first-order valence-corrected chi connectivity index (χ1v) is 7.37. The number of aromatic nitrogens is 1. The molecule has 2 heterocycles. The molecule has 1 fully saturated rings. The first-order valence-electron chi connectivity index (χ1n) is 7.37. The SMILES string of the molecule is C=CCNC(=O)c1ccc(N2CCC[C@@H]2C(=O)N(C)C)nc1. The number of hydrogen-bond donors (Lipinski definition) is 1. The van der Waals surface area contributed by atoms with Gasteiger partial charge in [-0.2, -0.15) is 0 Å². The minimum atomic E-state index is -0.179. The molecule has 0 spiro atoms. The normalized spacial score (nSPS) is 17.2. The van der Waals surface area contributed by atoms with Gasteiger partial charge >= 0.3 is 0 Å². The third-order valence-corrected chi connectivity index (χ3v) is 3.69. The second-order valence-electron chi connectivity index (χ2n) is 5.49. The van der Waals surface area contributed by atoms with Gasteiger partial charge < -0.3 is 15.1 Å². The fourth-order valence-electron chi connectivity index (χ4n) is 2.55. The highest BCUT2D eigenvalue weighted by molar-refractivity contribution is 5.94. The predicted molar refractivity (Wildman–Crippen MR) is 85.8 cm³/mol. The molecular formula is C16H22N4O2. The van der Waals surface area contributed by atoms with Gasteiger partial charge in [0.25, 0.3) is 5.91 Å². The smallest absolute Gasteiger partial charge is 0.253 e. The monoisotopic (exact) mass is 302 g/mol. The average molecular weight is 302 g/mol. The summed E-state index contributed by atoms with van der Waals surface area (Å²) in [6.07, 6.45) is 4.97. The molecule has 0 saturated carbocycles. The zero-order valence-electron chi connectivity index (χ0n) is 13.1. The highest BCUT2D eigenvalue weighted by Gasteiger charge is 2.32. The molecule has 1 aromatic rings. The largest absolute Gasteiger partial charge is 0.349 e. The molecule has 1 aromatic heterocycles. The number of nitrogens with one attached hydrogen (secondary N) is 1. The summed E-state index contributed by atoms with van der Waals surface area (Å²) < 4.78 is 0. The van der Waals surface area contributed by atoms with Crippen LogP contribution in [0.5, 0.6) is 0 Å². The maximum Gasteiger partial charge on any atom is 0.253 e. The Hall–Kier alpha value is -2.37. The average Bonchev–Trinajstić information content (AvgIpc) is 3.01. The van der Waals surface area contributed by atoms with E-state index in [1.807, 2.05) is 4.90 Å². The highest BCUT2D eigenvalue weighted by Crippen LogP contribution is 2.24. The highest BCUT2D eigenvalue weighted by atomic mass is 16.2. The van der Waals surface area contributed by atoms with E-state index in [1.165, 1.54) is 0 Å². The first kappa shape index (κ1) is 16.0. The Bertz CT molecular complexity index is 554. The van der Waals surface area contributed by atoms with E-state index in [0.29, 0.717) is 12.1 Å². The number of nitrogens with zero attached hydrogens (tertiary/aromatic N) is 3. The van der Waals surface area contributed by atoms with E-state index < -0.39 is 0 Å². The summed E-state index contributed by atoms with van der Waals surface area (Å²) in [5, 5.41) is 2.71. The molecule has 0 unspecified atom stereocenters. The van der Waals surface area contributed by atoms with Crippen molar-refractivity contribution >= 4 is 17.6 Å². The van der Waals surface area contributed by atoms with E-state index in [-0.39, 0.29) is 17.9 Å². The molecule has 22 heavy (non-hydrogen) atoms. The molecule has 118 valence electrons. The van der Waals surface area contributed by atoms with Gasteiger partial charge in [0.1, 0.15) is 11.9 Å². The molecule has 0 aliphatic carbocycles. The van der Waals surface area contributed by atoms with Crippen molar-refractivity contribution in [2.24, 2.45) is 0 Å². The van der Waals surface area contributed by atoms with Gasteiger partial charge in [-0.1, -0.05) is 6.08 Å². The van der Waals surface area contributed by atoms with Crippen LogP contribution in [0.3, 0.4) is 0 Å². The minimum Gasteiger partial charge on any atom is -0.349 e. The van der Waals surface area contributed by atoms with Gasteiger partial charge in [-0.25, -0.2) is 4.98 Å². The summed E-state index contributed by atoms with van der Waals surface area (Å²) in [6.45, 7) is 4.79. The standard InChI is InChI=1S/C16H22N4O2/c1-4-9-17-15(21)12-7-8-14(18-11-12)20-10-5-6-13(20)16(22)19(2)3/h4,7-8,11,13H,1,5-6,9-10H2,2-3H3,(H,17,21)/t13-/m1/s1. The molecule has 1 aliphatic heterocycles. The fourth-order valence-corrected chi connectivity index (χ4v) is 2.55. The number of anilines is 1. The van der Waals surface area contributed by atoms with Crippen molar-refractivity contribution in [3.05, 3.63) is 36.5 Å². The number of rotatable bonds is 5. The molecule has 6 nitrogen and oxygen atoms in total. The summed E-state index contributed by atoms with van der Waals surface area (Å²) in [4.78, 5) is 32.0. The first-order chi connectivity index (χ1) is 10.5. The maximum absolute atomic E-state index is 12.2. The van der Waals surface area contributed by atoms with Crippen molar-refractivity contribution in [1.29, 1.82) is 0 Å². The van der Waals surface area contributed by atoms with Gasteiger partial charge in [-0.3, -0.25) is 9.59 Å². The van der Waals surface area contributed by atoms with Crippen molar-refractivity contribution < 1.29 is 9.59 Å². The molecular weight excluding hydrogens is 280 g/mol. The molecule has 1 saturated heterocycles. The van der Waals surface area contributed by atoms with E-state index in [2.05, 4.69) is 16.9 Å². The molecule has 1 aliphatic rings. The summed E-state index contributed by atoms with van der Waals surface area (Å²) in [5.74, 6) is 0.645. The molecule has 1 atom stereocenters. The number of carbonyl (C=O) groups is 2. The fraction of sp³-hybridized carbons (Fsp3) is 0.438. The lowest BCUT2D eigenvalue weighted by Crippen LogP contribution is -2.43. The third-order valence-electron chi connectivity index (χ3n) is 3.69. The Morgan fingerprint density at radius 3 is 2.86 bits per heavy atom.